The number of aliphatic imine (C=N–C) groups is 1. The fourth-order valence-electron chi connectivity index (χ4n) is 3.66. The summed E-state index contributed by atoms with van der Waals surface area (Å²) in [5.41, 5.74) is 0.538. The molecule has 1 fully saturated rings. The van der Waals surface area contributed by atoms with E-state index in [0.717, 1.165) is 32.7 Å². The molecular formula is C22H37F2N5O2. The quantitative estimate of drug-likeness (QED) is 0.430. The molecule has 1 atom stereocenters. The molecule has 1 unspecified atom stereocenters. The van der Waals surface area contributed by atoms with Gasteiger partial charge in [-0.2, -0.15) is 8.78 Å². The normalized spacial score (nSPS) is 17.1. The molecule has 0 radical (unpaired) electrons. The minimum atomic E-state index is -2.89. The van der Waals surface area contributed by atoms with Gasteiger partial charge in [0, 0.05) is 50.9 Å². The molecule has 0 bridgehead atoms. The van der Waals surface area contributed by atoms with E-state index in [1.807, 2.05) is 6.92 Å². The number of ether oxygens (including phenoxy) is 2. The highest BCUT2D eigenvalue weighted by atomic mass is 19.3. The van der Waals surface area contributed by atoms with Gasteiger partial charge in [0.05, 0.1) is 13.7 Å². The van der Waals surface area contributed by atoms with Gasteiger partial charge in [0.2, 0.25) is 0 Å². The van der Waals surface area contributed by atoms with Crippen molar-refractivity contribution in [2.45, 2.75) is 40.0 Å². The Labute approximate surface area is 184 Å². The van der Waals surface area contributed by atoms with E-state index in [9.17, 15) is 8.78 Å². The molecule has 1 aromatic rings. The minimum absolute atomic E-state index is 0.105. The Morgan fingerprint density at radius 1 is 1.16 bits per heavy atom. The van der Waals surface area contributed by atoms with Crippen molar-refractivity contribution in [3.63, 3.8) is 0 Å². The number of benzene rings is 1. The van der Waals surface area contributed by atoms with Gasteiger partial charge in [0.15, 0.2) is 5.96 Å². The molecule has 0 aromatic heterocycles. The topological polar surface area (TPSA) is 61.4 Å². The van der Waals surface area contributed by atoms with Crippen molar-refractivity contribution in [3.8, 4) is 11.5 Å². The van der Waals surface area contributed by atoms with Gasteiger partial charge in [-0.1, -0.05) is 13.8 Å². The number of methoxy groups -OCH3 is 1. The maximum atomic E-state index is 12.8. The molecule has 1 aliphatic rings. The monoisotopic (exact) mass is 441 g/mol. The highest BCUT2D eigenvalue weighted by Crippen LogP contribution is 2.26. The van der Waals surface area contributed by atoms with Gasteiger partial charge in [-0.15, -0.1) is 0 Å². The fraction of sp³-hybridized carbons (Fsp3) is 0.682. The summed E-state index contributed by atoms with van der Waals surface area (Å²) in [6.45, 7) is 9.46. The number of rotatable bonds is 10. The summed E-state index contributed by atoms with van der Waals surface area (Å²) in [6, 6.07) is 5.13. The predicted octanol–water partition coefficient (Wildman–Crippen LogP) is 2.62. The van der Waals surface area contributed by atoms with Gasteiger partial charge >= 0.3 is 6.61 Å². The average molecular weight is 442 g/mol. The molecule has 1 heterocycles. The van der Waals surface area contributed by atoms with Crippen LogP contribution in [-0.4, -0.2) is 81.8 Å². The Bertz CT molecular complexity index is 694. The lowest BCUT2D eigenvalue weighted by Gasteiger charge is -2.40. The molecule has 1 saturated heterocycles. The van der Waals surface area contributed by atoms with Crippen molar-refractivity contribution in [3.05, 3.63) is 23.8 Å². The fourth-order valence-corrected chi connectivity index (χ4v) is 3.66. The molecular weight excluding hydrogens is 404 g/mol. The molecule has 2 N–H and O–H groups in total. The standard InChI is InChI=1S/C22H37F2N5O2/c1-6-25-22(27-15-19(16(2)3)29-11-9-28(4)10-12-29)26-14-17-13-18(30-5)7-8-20(17)31-21(23)24/h7-8,13,16,19,21H,6,9-12,14-15H2,1-5H3,(H2,25,26,27). The van der Waals surface area contributed by atoms with Crippen LogP contribution in [0.4, 0.5) is 8.78 Å². The Balaban J connectivity index is 2.08. The second-order valence-corrected chi connectivity index (χ2v) is 8.08. The third-order valence-corrected chi connectivity index (χ3v) is 5.49. The van der Waals surface area contributed by atoms with Gasteiger partial charge in [-0.25, -0.2) is 4.99 Å². The van der Waals surface area contributed by atoms with E-state index in [4.69, 9.17) is 4.74 Å². The van der Waals surface area contributed by atoms with Gasteiger partial charge in [-0.3, -0.25) is 4.90 Å². The zero-order valence-electron chi connectivity index (χ0n) is 19.3. The molecule has 0 amide bonds. The number of nitrogens with one attached hydrogen (secondary N) is 2. The van der Waals surface area contributed by atoms with Crippen LogP contribution in [0.5, 0.6) is 11.5 Å². The van der Waals surface area contributed by atoms with Crippen LogP contribution in [0, 0.1) is 5.92 Å². The molecule has 0 aliphatic carbocycles. The Morgan fingerprint density at radius 3 is 2.45 bits per heavy atom. The van der Waals surface area contributed by atoms with Gasteiger partial charge in [-0.05, 0) is 38.1 Å². The predicted molar refractivity (Wildman–Crippen MR) is 120 cm³/mol. The van der Waals surface area contributed by atoms with Crippen molar-refractivity contribution in [2.24, 2.45) is 10.9 Å². The molecule has 1 aliphatic heterocycles. The molecule has 0 saturated carbocycles. The number of guanidine groups is 1. The van der Waals surface area contributed by atoms with Crippen molar-refractivity contribution >= 4 is 5.96 Å². The molecule has 9 heteroatoms. The van der Waals surface area contributed by atoms with Crippen molar-refractivity contribution in [1.29, 1.82) is 0 Å². The first-order valence-electron chi connectivity index (χ1n) is 10.9. The largest absolute Gasteiger partial charge is 0.497 e. The molecule has 7 nitrogen and oxygen atoms in total. The highest BCUT2D eigenvalue weighted by Gasteiger charge is 2.25. The second kappa shape index (κ2) is 12.7. The molecule has 31 heavy (non-hydrogen) atoms. The van der Waals surface area contributed by atoms with Gasteiger partial charge in [0.25, 0.3) is 0 Å². The maximum Gasteiger partial charge on any atom is 0.387 e. The van der Waals surface area contributed by atoms with E-state index in [-0.39, 0.29) is 12.3 Å². The van der Waals surface area contributed by atoms with E-state index in [0.29, 0.717) is 35.8 Å². The summed E-state index contributed by atoms with van der Waals surface area (Å²) < 4.78 is 35.4. The summed E-state index contributed by atoms with van der Waals surface area (Å²) in [6.07, 6.45) is 0. The number of likely N-dealkylation sites (N-methyl/N-ethyl adjacent to an activating group) is 1. The Morgan fingerprint density at radius 2 is 1.87 bits per heavy atom. The molecule has 0 spiro atoms. The van der Waals surface area contributed by atoms with Gasteiger partial charge in [0.1, 0.15) is 11.5 Å². The summed E-state index contributed by atoms with van der Waals surface area (Å²) >= 11 is 0. The lowest BCUT2D eigenvalue weighted by Crippen LogP contribution is -2.55. The summed E-state index contributed by atoms with van der Waals surface area (Å²) in [4.78, 5) is 9.48. The first kappa shape index (κ1) is 25.1. The van der Waals surface area contributed by atoms with E-state index < -0.39 is 6.61 Å². The van der Waals surface area contributed by atoms with Crippen molar-refractivity contribution < 1.29 is 18.3 Å². The SMILES string of the molecule is CCNC(=NCc1cc(OC)ccc1OC(F)F)NCC(C(C)C)N1CCN(C)CC1. The van der Waals surface area contributed by atoms with Gasteiger partial charge < -0.3 is 25.0 Å². The zero-order valence-corrected chi connectivity index (χ0v) is 19.3. The van der Waals surface area contributed by atoms with Crippen molar-refractivity contribution in [1.82, 2.24) is 20.4 Å². The summed E-state index contributed by atoms with van der Waals surface area (Å²) in [5, 5.41) is 6.67. The van der Waals surface area contributed by atoms with Crippen LogP contribution in [0.1, 0.15) is 26.3 Å². The lowest BCUT2D eigenvalue weighted by atomic mass is 10.0. The lowest BCUT2D eigenvalue weighted by molar-refractivity contribution is -0.0504. The molecule has 1 aromatic carbocycles. The number of hydrogen-bond donors (Lipinski definition) is 2. The number of nitrogens with zero attached hydrogens (tertiary/aromatic N) is 3. The van der Waals surface area contributed by atoms with Crippen LogP contribution in [0.15, 0.2) is 23.2 Å². The van der Waals surface area contributed by atoms with Crippen LogP contribution < -0.4 is 20.1 Å². The molecule has 176 valence electrons. The first-order valence-corrected chi connectivity index (χ1v) is 10.9. The number of hydrogen-bond acceptors (Lipinski definition) is 5. The van der Waals surface area contributed by atoms with Crippen molar-refractivity contribution in [2.75, 3.05) is 53.4 Å². The molecule has 2 rings (SSSR count). The summed E-state index contributed by atoms with van der Waals surface area (Å²) in [7, 11) is 3.69. The number of piperazine rings is 1. The zero-order chi connectivity index (χ0) is 22.8. The average Bonchev–Trinajstić information content (AvgIpc) is 2.73. The minimum Gasteiger partial charge on any atom is -0.497 e. The smallest absolute Gasteiger partial charge is 0.387 e. The van der Waals surface area contributed by atoms with E-state index >= 15 is 0 Å². The third-order valence-electron chi connectivity index (χ3n) is 5.49. The Kier molecular flexibility index (Phi) is 10.3. The summed E-state index contributed by atoms with van der Waals surface area (Å²) in [5.74, 6) is 1.81. The van der Waals surface area contributed by atoms with Crippen LogP contribution in [0.2, 0.25) is 0 Å². The second-order valence-electron chi connectivity index (χ2n) is 8.08. The van der Waals surface area contributed by atoms with Crippen LogP contribution in [-0.2, 0) is 6.54 Å². The highest BCUT2D eigenvalue weighted by molar-refractivity contribution is 5.79. The number of alkyl halides is 2. The van der Waals surface area contributed by atoms with E-state index in [1.54, 1.807) is 12.1 Å². The van der Waals surface area contributed by atoms with E-state index in [1.165, 1.54) is 13.2 Å². The third kappa shape index (κ3) is 8.14. The maximum absolute atomic E-state index is 12.8. The van der Waals surface area contributed by atoms with Crippen LogP contribution in [0.3, 0.4) is 0 Å². The number of halogens is 2. The Hall–Kier alpha value is -2.13. The van der Waals surface area contributed by atoms with Crippen LogP contribution in [0.25, 0.3) is 0 Å². The van der Waals surface area contributed by atoms with E-state index in [2.05, 4.69) is 51.1 Å². The van der Waals surface area contributed by atoms with Crippen LogP contribution >= 0.6 is 0 Å². The first-order chi connectivity index (χ1) is 14.8.